The van der Waals surface area contributed by atoms with Crippen molar-refractivity contribution < 1.29 is 9.50 Å². The minimum atomic E-state index is -1.16. The van der Waals surface area contributed by atoms with Crippen molar-refractivity contribution in [3.63, 3.8) is 0 Å². The predicted octanol–water partition coefficient (Wildman–Crippen LogP) is 4.14. The minimum Gasteiger partial charge on any atom is -0.381 e. The molecule has 15 heavy (non-hydrogen) atoms. The molecule has 1 atom stereocenters. The number of rotatable bonds is 4. The fourth-order valence-electron chi connectivity index (χ4n) is 1.24. The summed E-state index contributed by atoms with van der Waals surface area (Å²) in [5.74, 6) is -0.483. The van der Waals surface area contributed by atoms with Gasteiger partial charge in [0.15, 0.2) is 0 Å². The second kappa shape index (κ2) is 6.03. The maximum atomic E-state index is 13.4. The summed E-state index contributed by atoms with van der Waals surface area (Å²) in [5.41, 5.74) is 0.558. The van der Waals surface area contributed by atoms with E-state index in [0.29, 0.717) is 12.0 Å². The van der Waals surface area contributed by atoms with Crippen molar-refractivity contribution in [1.82, 2.24) is 0 Å². The molecule has 0 fully saturated rings. The molecule has 1 aromatic rings. The van der Waals surface area contributed by atoms with Gasteiger partial charge in [0, 0.05) is 10.0 Å². The summed E-state index contributed by atoms with van der Waals surface area (Å²) in [6.45, 7) is 1.97. The predicted molar refractivity (Wildman–Crippen MR) is 63.2 cm³/mol. The minimum absolute atomic E-state index is 0.483. The summed E-state index contributed by atoms with van der Waals surface area (Å²) in [7, 11) is 0. The average Bonchev–Trinajstić information content (AvgIpc) is 2.25. The van der Waals surface area contributed by atoms with E-state index in [-0.39, 0.29) is 0 Å². The first-order valence-corrected chi connectivity index (χ1v) is 5.74. The second-order valence-corrected chi connectivity index (χ2v) is 4.16. The Morgan fingerprint density at radius 3 is 2.80 bits per heavy atom. The molecule has 0 aromatic heterocycles. The molecular weight excluding hydrogens is 259 g/mol. The lowest BCUT2D eigenvalue weighted by Crippen LogP contribution is -1.99. The Balaban J connectivity index is 2.85. The van der Waals surface area contributed by atoms with Gasteiger partial charge in [-0.3, -0.25) is 0 Å². The fraction of sp³-hybridized carbons (Fsp3) is 0.333. The first-order chi connectivity index (χ1) is 7.16. The molecule has 0 saturated carbocycles. The van der Waals surface area contributed by atoms with Crippen LogP contribution in [-0.2, 0) is 0 Å². The van der Waals surface area contributed by atoms with Crippen LogP contribution in [0.1, 0.15) is 31.4 Å². The molecule has 0 bridgehead atoms. The summed E-state index contributed by atoms with van der Waals surface area (Å²) in [5, 5.41) is 9.72. The van der Waals surface area contributed by atoms with E-state index in [4.69, 9.17) is 0 Å². The Labute approximate surface area is 97.8 Å². The number of benzene rings is 1. The van der Waals surface area contributed by atoms with Crippen LogP contribution in [0.15, 0.2) is 40.6 Å². The number of hydrogen-bond acceptors (Lipinski definition) is 1. The molecule has 0 aliphatic heterocycles. The smallest absolute Gasteiger partial charge is 0.131 e. The maximum absolute atomic E-state index is 13.4. The highest BCUT2D eigenvalue weighted by molar-refractivity contribution is 9.10. The van der Waals surface area contributed by atoms with Crippen LogP contribution >= 0.6 is 15.9 Å². The molecule has 1 unspecified atom stereocenters. The number of aliphatic hydroxyl groups excluding tert-OH is 1. The molecule has 82 valence electrons. The lowest BCUT2D eigenvalue weighted by Gasteiger charge is -2.10. The van der Waals surface area contributed by atoms with Gasteiger partial charge < -0.3 is 5.11 Å². The molecule has 0 radical (unpaired) electrons. The lowest BCUT2D eigenvalue weighted by atomic mass is 10.1. The zero-order valence-electron chi connectivity index (χ0n) is 8.58. The van der Waals surface area contributed by atoms with Gasteiger partial charge in [-0.25, -0.2) is 4.39 Å². The third kappa shape index (κ3) is 3.43. The normalized spacial score (nSPS) is 14.0. The summed E-state index contributed by atoms with van der Waals surface area (Å²) >= 11 is 3.28. The number of hydrogen-bond donors (Lipinski definition) is 1. The van der Waals surface area contributed by atoms with E-state index in [0.717, 1.165) is 10.9 Å². The van der Waals surface area contributed by atoms with Gasteiger partial charge in [0.05, 0.1) is 0 Å². The SMILES string of the molecule is CCC/C=C(\F)C(O)c1ccccc1Br. The van der Waals surface area contributed by atoms with Crippen LogP contribution in [0.4, 0.5) is 4.39 Å². The topological polar surface area (TPSA) is 20.2 Å². The average molecular weight is 273 g/mol. The molecule has 0 aliphatic carbocycles. The quantitative estimate of drug-likeness (QED) is 0.874. The van der Waals surface area contributed by atoms with E-state index >= 15 is 0 Å². The van der Waals surface area contributed by atoms with Crippen molar-refractivity contribution in [2.24, 2.45) is 0 Å². The van der Waals surface area contributed by atoms with E-state index in [1.165, 1.54) is 6.08 Å². The van der Waals surface area contributed by atoms with Crippen LogP contribution in [0.25, 0.3) is 0 Å². The van der Waals surface area contributed by atoms with Gasteiger partial charge in [0.25, 0.3) is 0 Å². The van der Waals surface area contributed by atoms with E-state index in [9.17, 15) is 9.50 Å². The van der Waals surface area contributed by atoms with Crippen LogP contribution in [0.2, 0.25) is 0 Å². The number of halogens is 2. The summed E-state index contributed by atoms with van der Waals surface area (Å²) in [6, 6.07) is 7.09. The Hall–Kier alpha value is -0.670. The Bertz CT molecular complexity index is 349. The zero-order valence-corrected chi connectivity index (χ0v) is 10.2. The first kappa shape index (κ1) is 12.4. The molecule has 0 aliphatic rings. The van der Waals surface area contributed by atoms with Crippen molar-refractivity contribution in [3.8, 4) is 0 Å². The molecule has 1 nitrogen and oxygen atoms in total. The molecule has 1 rings (SSSR count). The van der Waals surface area contributed by atoms with Crippen LogP contribution in [0.3, 0.4) is 0 Å². The van der Waals surface area contributed by atoms with E-state index < -0.39 is 11.9 Å². The largest absolute Gasteiger partial charge is 0.381 e. The monoisotopic (exact) mass is 272 g/mol. The molecule has 1 N–H and O–H groups in total. The van der Waals surface area contributed by atoms with Crippen LogP contribution in [0.5, 0.6) is 0 Å². The van der Waals surface area contributed by atoms with Gasteiger partial charge in [-0.05, 0) is 18.6 Å². The van der Waals surface area contributed by atoms with E-state index in [1.54, 1.807) is 18.2 Å². The number of aliphatic hydroxyl groups is 1. The molecule has 0 heterocycles. The van der Waals surface area contributed by atoms with Gasteiger partial charge in [-0.1, -0.05) is 47.5 Å². The Morgan fingerprint density at radius 1 is 1.53 bits per heavy atom. The highest BCUT2D eigenvalue weighted by atomic mass is 79.9. The molecule has 0 saturated heterocycles. The highest BCUT2D eigenvalue weighted by Gasteiger charge is 2.14. The van der Waals surface area contributed by atoms with Gasteiger partial charge in [-0.2, -0.15) is 0 Å². The number of unbranched alkanes of at least 4 members (excludes halogenated alkanes) is 1. The van der Waals surface area contributed by atoms with Crippen molar-refractivity contribution in [3.05, 3.63) is 46.2 Å². The first-order valence-electron chi connectivity index (χ1n) is 4.94. The lowest BCUT2D eigenvalue weighted by molar-refractivity contribution is 0.184. The third-order valence-corrected chi connectivity index (χ3v) is 2.81. The molecule has 0 amide bonds. The molecule has 0 spiro atoms. The summed E-state index contributed by atoms with van der Waals surface area (Å²) < 4.78 is 14.2. The molecular formula is C12H14BrFO. The van der Waals surface area contributed by atoms with Crippen molar-refractivity contribution >= 4 is 15.9 Å². The third-order valence-electron chi connectivity index (χ3n) is 2.09. The Kier molecular flexibility index (Phi) is 4.99. The second-order valence-electron chi connectivity index (χ2n) is 3.30. The van der Waals surface area contributed by atoms with E-state index in [1.807, 2.05) is 13.0 Å². The van der Waals surface area contributed by atoms with Crippen molar-refractivity contribution in [2.75, 3.05) is 0 Å². The Morgan fingerprint density at radius 2 is 2.20 bits per heavy atom. The van der Waals surface area contributed by atoms with Crippen LogP contribution < -0.4 is 0 Å². The van der Waals surface area contributed by atoms with Crippen LogP contribution in [-0.4, -0.2) is 5.11 Å². The fourth-order valence-corrected chi connectivity index (χ4v) is 1.74. The number of allylic oxidation sites excluding steroid dienone is 1. The van der Waals surface area contributed by atoms with Gasteiger partial charge in [-0.15, -0.1) is 0 Å². The zero-order chi connectivity index (χ0) is 11.3. The highest BCUT2D eigenvalue weighted by Crippen LogP contribution is 2.29. The molecule has 3 heteroatoms. The van der Waals surface area contributed by atoms with Gasteiger partial charge in [0.2, 0.25) is 0 Å². The van der Waals surface area contributed by atoms with Crippen molar-refractivity contribution in [2.45, 2.75) is 25.9 Å². The van der Waals surface area contributed by atoms with Crippen LogP contribution in [0, 0.1) is 0 Å². The maximum Gasteiger partial charge on any atom is 0.131 e. The standard InChI is InChI=1S/C12H14BrFO/c1-2-3-8-11(14)12(15)9-6-4-5-7-10(9)13/h4-8,12,15H,2-3H2,1H3/b11-8-. The van der Waals surface area contributed by atoms with Gasteiger partial charge in [0.1, 0.15) is 11.9 Å². The van der Waals surface area contributed by atoms with E-state index in [2.05, 4.69) is 15.9 Å². The van der Waals surface area contributed by atoms with Gasteiger partial charge >= 0.3 is 0 Å². The summed E-state index contributed by atoms with van der Waals surface area (Å²) in [6.07, 6.45) is 1.79. The summed E-state index contributed by atoms with van der Waals surface area (Å²) in [4.78, 5) is 0. The molecule has 1 aromatic carbocycles. The van der Waals surface area contributed by atoms with Crippen molar-refractivity contribution in [1.29, 1.82) is 0 Å².